The molecule has 0 aromatic heterocycles. The van der Waals surface area contributed by atoms with E-state index in [-0.39, 0.29) is 12.3 Å². The predicted molar refractivity (Wildman–Crippen MR) is 92.0 cm³/mol. The molecule has 0 bridgehead atoms. The lowest BCUT2D eigenvalue weighted by Crippen LogP contribution is -2.08. The highest BCUT2D eigenvalue weighted by Crippen LogP contribution is 2.37. The minimum Gasteiger partial charge on any atom is -0.423 e. The highest BCUT2D eigenvalue weighted by molar-refractivity contribution is 5.95. The first kappa shape index (κ1) is 16.9. The highest BCUT2D eigenvalue weighted by atomic mass is 16.7. The van der Waals surface area contributed by atoms with E-state index in [1.54, 1.807) is 0 Å². The quantitative estimate of drug-likeness (QED) is 0.568. The van der Waals surface area contributed by atoms with Gasteiger partial charge in [0.05, 0.1) is 0 Å². The van der Waals surface area contributed by atoms with E-state index in [0.29, 0.717) is 19.0 Å². The summed E-state index contributed by atoms with van der Waals surface area (Å²) in [6.07, 6.45) is 5.59. The molecule has 1 aromatic carbocycles. The van der Waals surface area contributed by atoms with E-state index in [0.717, 1.165) is 48.0 Å². The summed E-state index contributed by atoms with van der Waals surface area (Å²) in [7, 11) is 0. The Hall–Kier alpha value is -1.91. The maximum absolute atomic E-state index is 11.9. The highest BCUT2D eigenvalue weighted by Gasteiger charge is 2.31. The van der Waals surface area contributed by atoms with Crippen LogP contribution in [-0.4, -0.2) is 19.2 Å². The van der Waals surface area contributed by atoms with Crippen molar-refractivity contribution in [2.24, 2.45) is 0 Å². The van der Waals surface area contributed by atoms with Gasteiger partial charge in [0.1, 0.15) is 5.76 Å². The van der Waals surface area contributed by atoms with Crippen molar-refractivity contribution in [1.29, 1.82) is 0 Å². The van der Waals surface area contributed by atoms with Gasteiger partial charge < -0.3 is 14.2 Å². The van der Waals surface area contributed by atoms with Crippen LogP contribution >= 0.6 is 0 Å². The number of esters is 1. The van der Waals surface area contributed by atoms with Crippen LogP contribution in [0, 0.1) is 0 Å². The molecule has 0 amide bonds. The van der Waals surface area contributed by atoms with Gasteiger partial charge in [-0.1, -0.05) is 24.3 Å². The molecule has 4 heteroatoms. The van der Waals surface area contributed by atoms with Crippen molar-refractivity contribution in [2.75, 3.05) is 13.2 Å². The Bertz CT molecular complexity index is 649. The van der Waals surface area contributed by atoms with Crippen LogP contribution in [0.25, 0.3) is 6.08 Å². The van der Waals surface area contributed by atoms with Crippen molar-refractivity contribution < 1.29 is 19.0 Å². The molecule has 4 nitrogen and oxygen atoms in total. The third kappa shape index (κ3) is 3.60. The van der Waals surface area contributed by atoms with Gasteiger partial charge in [-0.05, 0) is 51.2 Å². The lowest BCUT2D eigenvalue weighted by Gasteiger charge is -2.17. The minimum absolute atomic E-state index is 0.166. The average molecular weight is 328 g/mol. The molecule has 0 spiro atoms. The monoisotopic (exact) mass is 328 g/mol. The summed E-state index contributed by atoms with van der Waals surface area (Å²) >= 11 is 0. The van der Waals surface area contributed by atoms with Crippen molar-refractivity contribution in [3.8, 4) is 0 Å². The summed E-state index contributed by atoms with van der Waals surface area (Å²) < 4.78 is 16.7. The van der Waals surface area contributed by atoms with Crippen LogP contribution in [0.5, 0.6) is 0 Å². The van der Waals surface area contributed by atoms with E-state index in [4.69, 9.17) is 14.2 Å². The van der Waals surface area contributed by atoms with E-state index in [1.165, 1.54) is 0 Å². The molecule has 1 heterocycles. The summed E-state index contributed by atoms with van der Waals surface area (Å²) in [5.41, 5.74) is 3.96. The Morgan fingerprint density at radius 2 is 1.67 bits per heavy atom. The fraction of sp³-hybridized carbons (Fsp3) is 0.450. The number of carbonyl (C=O) groups is 1. The Morgan fingerprint density at radius 1 is 1.04 bits per heavy atom. The zero-order valence-corrected chi connectivity index (χ0v) is 14.3. The standard InChI is InChI=1S/C20H24O4/c1-3-22-20(23-4-2)15-11-9-14(10-12-15)13-18-16-7-5-6-8-17(16)19(21)24-18/h9-13,20H,3-8H2,1-2H3. The van der Waals surface area contributed by atoms with Crippen molar-refractivity contribution in [3.05, 3.63) is 52.3 Å². The van der Waals surface area contributed by atoms with E-state index in [1.807, 2.05) is 44.2 Å². The van der Waals surface area contributed by atoms with Crippen LogP contribution in [0.4, 0.5) is 0 Å². The molecule has 0 saturated heterocycles. The molecule has 0 radical (unpaired) electrons. The Morgan fingerprint density at radius 3 is 2.29 bits per heavy atom. The number of ether oxygens (including phenoxy) is 3. The summed E-state index contributed by atoms with van der Waals surface area (Å²) in [6.45, 7) is 5.11. The third-order valence-corrected chi connectivity index (χ3v) is 4.36. The summed E-state index contributed by atoms with van der Waals surface area (Å²) in [5.74, 6) is 0.550. The van der Waals surface area contributed by atoms with Crippen LogP contribution < -0.4 is 0 Å². The zero-order chi connectivity index (χ0) is 16.9. The summed E-state index contributed by atoms with van der Waals surface area (Å²) in [4.78, 5) is 11.9. The summed E-state index contributed by atoms with van der Waals surface area (Å²) in [6, 6.07) is 8.00. The maximum Gasteiger partial charge on any atom is 0.339 e. The third-order valence-electron chi connectivity index (χ3n) is 4.36. The average Bonchev–Trinajstić information content (AvgIpc) is 2.92. The second-order valence-corrected chi connectivity index (χ2v) is 5.97. The number of benzene rings is 1. The molecule has 0 N–H and O–H groups in total. The van der Waals surface area contributed by atoms with Crippen molar-refractivity contribution >= 4 is 12.0 Å². The molecule has 128 valence electrons. The molecule has 1 aliphatic heterocycles. The lowest BCUT2D eigenvalue weighted by molar-refractivity contribution is -0.140. The number of rotatable bonds is 6. The van der Waals surface area contributed by atoms with E-state index in [9.17, 15) is 4.79 Å². The molecular formula is C20H24O4. The Kier molecular flexibility index (Phi) is 5.48. The first-order valence-electron chi connectivity index (χ1n) is 8.72. The molecule has 3 rings (SSSR count). The predicted octanol–water partition coefficient (Wildman–Crippen LogP) is 4.53. The van der Waals surface area contributed by atoms with Gasteiger partial charge in [0.25, 0.3) is 0 Å². The van der Waals surface area contributed by atoms with Crippen molar-refractivity contribution in [3.63, 3.8) is 0 Å². The number of allylic oxidation sites excluding steroid dienone is 1. The molecule has 2 aliphatic rings. The van der Waals surface area contributed by atoms with Gasteiger partial charge in [0.15, 0.2) is 6.29 Å². The number of hydrogen-bond acceptors (Lipinski definition) is 4. The number of carbonyl (C=O) groups excluding carboxylic acids is 1. The molecule has 0 unspecified atom stereocenters. The molecule has 0 atom stereocenters. The van der Waals surface area contributed by atoms with Gasteiger partial charge in [0.2, 0.25) is 0 Å². The van der Waals surface area contributed by atoms with Gasteiger partial charge in [-0.2, -0.15) is 0 Å². The van der Waals surface area contributed by atoms with Gasteiger partial charge >= 0.3 is 5.97 Å². The van der Waals surface area contributed by atoms with Gasteiger partial charge in [0, 0.05) is 29.9 Å². The maximum atomic E-state index is 11.9. The SMILES string of the molecule is CCOC(OCC)c1ccc(C=C2OC(=O)C3=C2CCCC3)cc1. The van der Waals surface area contributed by atoms with Crippen LogP contribution in [0.2, 0.25) is 0 Å². The molecule has 1 aromatic rings. The molecule has 0 fully saturated rings. The van der Waals surface area contributed by atoms with Gasteiger partial charge in [-0.3, -0.25) is 0 Å². The van der Waals surface area contributed by atoms with E-state index >= 15 is 0 Å². The first-order valence-corrected chi connectivity index (χ1v) is 8.72. The Labute approximate surface area is 143 Å². The first-order chi connectivity index (χ1) is 11.7. The van der Waals surface area contributed by atoms with Gasteiger partial charge in [-0.25, -0.2) is 4.79 Å². The van der Waals surface area contributed by atoms with E-state index in [2.05, 4.69) is 0 Å². The normalized spacial score (nSPS) is 19.1. The van der Waals surface area contributed by atoms with Crippen molar-refractivity contribution in [2.45, 2.75) is 45.8 Å². The zero-order valence-electron chi connectivity index (χ0n) is 14.3. The smallest absolute Gasteiger partial charge is 0.339 e. The molecule has 24 heavy (non-hydrogen) atoms. The molecular weight excluding hydrogens is 304 g/mol. The largest absolute Gasteiger partial charge is 0.423 e. The number of cyclic esters (lactones) is 1. The van der Waals surface area contributed by atoms with Gasteiger partial charge in [-0.15, -0.1) is 0 Å². The number of hydrogen-bond donors (Lipinski definition) is 0. The second kappa shape index (κ2) is 7.77. The van der Waals surface area contributed by atoms with Crippen LogP contribution in [0.3, 0.4) is 0 Å². The summed E-state index contributed by atoms with van der Waals surface area (Å²) in [5, 5.41) is 0. The second-order valence-electron chi connectivity index (χ2n) is 5.97. The lowest BCUT2D eigenvalue weighted by atomic mass is 9.92. The van der Waals surface area contributed by atoms with Crippen LogP contribution in [0.1, 0.15) is 56.9 Å². The molecule has 0 saturated carbocycles. The van der Waals surface area contributed by atoms with Crippen LogP contribution in [0.15, 0.2) is 41.2 Å². The fourth-order valence-electron chi connectivity index (χ4n) is 3.19. The van der Waals surface area contributed by atoms with E-state index < -0.39 is 0 Å². The Balaban J connectivity index is 1.79. The minimum atomic E-state index is -0.335. The topological polar surface area (TPSA) is 44.8 Å². The molecule has 1 aliphatic carbocycles. The van der Waals surface area contributed by atoms with Crippen LogP contribution in [-0.2, 0) is 19.0 Å². The fourth-order valence-corrected chi connectivity index (χ4v) is 3.19. The van der Waals surface area contributed by atoms with Crippen molar-refractivity contribution in [1.82, 2.24) is 0 Å².